The molecule has 2 aromatic carbocycles. The molecule has 2 amide bonds. The summed E-state index contributed by atoms with van der Waals surface area (Å²) in [4.78, 5) is 24.6. The molecule has 0 atom stereocenters. The van der Waals surface area contributed by atoms with Gasteiger partial charge in [0.2, 0.25) is 5.91 Å². The number of thioether (sulfide) groups is 1. The van der Waals surface area contributed by atoms with Crippen LogP contribution in [-0.4, -0.2) is 38.9 Å². The van der Waals surface area contributed by atoms with Crippen LogP contribution in [0.4, 0.5) is 0 Å². The van der Waals surface area contributed by atoms with Gasteiger partial charge < -0.3 is 15.2 Å². The molecule has 3 rings (SSSR count). The number of hydrogen-bond donors (Lipinski definition) is 2. The summed E-state index contributed by atoms with van der Waals surface area (Å²) >= 11 is 7.37. The number of amides is 2. The highest BCUT2D eigenvalue weighted by atomic mass is 35.5. The zero-order valence-corrected chi connectivity index (χ0v) is 19.0. The summed E-state index contributed by atoms with van der Waals surface area (Å²) in [5.74, 6) is 0.413. The van der Waals surface area contributed by atoms with Crippen molar-refractivity contribution >= 4 is 35.2 Å². The summed E-state index contributed by atoms with van der Waals surface area (Å²) in [5.41, 5.74) is 1.57. The van der Waals surface area contributed by atoms with Gasteiger partial charge in [0.05, 0.1) is 22.9 Å². The van der Waals surface area contributed by atoms with Crippen LogP contribution in [0.2, 0.25) is 5.02 Å². The Morgan fingerprint density at radius 1 is 1.06 bits per heavy atom. The molecule has 0 aliphatic heterocycles. The molecule has 1 heterocycles. The molecule has 32 heavy (non-hydrogen) atoms. The van der Waals surface area contributed by atoms with Crippen molar-refractivity contribution in [1.82, 2.24) is 25.4 Å². The lowest BCUT2D eigenvalue weighted by atomic mass is 10.1. The molecule has 0 fully saturated rings. The van der Waals surface area contributed by atoms with Crippen LogP contribution in [0.15, 0.2) is 72.4 Å². The SMILES string of the molecule is C=CCn1c(CNC(=O)c2ccccc2Cl)nnc1SCC(=O)NCCc1ccccc1. The van der Waals surface area contributed by atoms with Crippen molar-refractivity contribution < 1.29 is 9.59 Å². The Bertz CT molecular complexity index is 1070. The van der Waals surface area contributed by atoms with Crippen molar-refractivity contribution in [2.24, 2.45) is 0 Å². The second-order valence-electron chi connectivity index (χ2n) is 6.83. The molecule has 9 heteroatoms. The van der Waals surface area contributed by atoms with Gasteiger partial charge in [0.1, 0.15) is 0 Å². The summed E-state index contributed by atoms with van der Waals surface area (Å²) in [5, 5.41) is 15.0. The van der Waals surface area contributed by atoms with E-state index in [2.05, 4.69) is 27.4 Å². The third-order valence-corrected chi connectivity index (χ3v) is 5.84. The van der Waals surface area contributed by atoms with Crippen molar-refractivity contribution in [3.8, 4) is 0 Å². The number of halogens is 1. The molecule has 3 aromatic rings. The molecule has 1 aromatic heterocycles. The first-order chi connectivity index (χ1) is 15.6. The second kappa shape index (κ2) is 12.1. The number of carbonyl (C=O) groups is 2. The van der Waals surface area contributed by atoms with Crippen molar-refractivity contribution in [2.75, 3.05) is 12.3 Å². The molecule has 7 nitrogen and oxygen atoms in total. The minimum Gasteiger partial charge on any atom is -0.355 e. The second-order valence-corrected chi connectivity index (χ2v) is 8.18. The van der Waals surface area contributed by atoms with Gasteiger partial charge in [-0.1, -0.05) is 71.9 Å². The highest BCUT2D eigenvalue weighted by molar-refractivity contribution is 7.99. The predicted molar refractivity (Wildman–Crippen MR) is 127 cm³/mol. The minimum atomic E-state index is -0.296. The van der Waals surface area contributed by atoms with E-state index in [0.29, 0.717) is 34.7 Å². The summed E-state index contributed by atoms with van der Waals surface area (Å²) in [6, 6.07) is 16.8. The summed E-state index contributed by atoms with van der Waals surface area (Å²) < 4.78 is 1.82. The first kappa shape index (κ1) is 23.6. The number of hydrogen-bond acceptors (Lipinski definition) is 5. The normalized spacial score (nSPS) is 10.5. The van der Waals surface area contributed by atoms with Gasteiger partial charge in [0.25, 0.3) is 5.91 Å². The van der Waals surface area contributed by atoms with Crippen molar-refractivity contribution in [1.29, 1.82) is 0 Å². The fourth-order valence-corrected chi connectivity index (χ4v) is 3.96. The van der Waals surface area contributed by atoms with Crippen LogP contribution in [0.25, 0.3) is 0 Å². The van der Waals surface area contributed by atoms with Crippen molar-refractivity contribution in [2.45, 2.75) is 24.7 Å². The average molecular weight is 470 g/mol. The quantitative estimate of drug-likeness (QED) is 0.331. The maximum absolute atomic E-state index is 12.4. The third kappa shape index (κ3) is 6.70. The standard InChI is InChI=1S/C23H24ClN5O2S/c1-2-14-29-20(15-26-22(31)18-10-6-7-11-19(18)24)27-28-23(29)32-16-21(30)25-13-12-17-8-4-3-5-9-17/h2-11H,1,12-16H2,(H,25,30)(H,26,31). The van der Waals surface area contributed by atoms with Gasteiger partial charge in [-0.05, 0) is 24.1 Å². The number of nitrogens with zero attached hydrogens (tertiary/aromatic N) is 3. The summed E-state index contributed by atoms with van der Waals surface area (Å²) in [6.45, 7) is 4.97. The van der Waals surface area contributed by atoms with Gasteiger partial charge in [-0.2, -0.15) is 0 Å². The topological polar surface area (TPSA) is 88.9 Å². The first-order valence-electron chi connectivity index (χ1n) is 10.1. The monoisotopic (exact) mass is 469 g/mol. The lowest BCUT2D eigenvalue weighted by Gasteiger charge is -2.09. The van der Waals surface area contributed by atoms with E-state index in [0.717, 1.165) is 6.42 Å². The van der Waals surface area contributed by atoms with E-state index in [9.17, 15) is 9.59 Å². The van der Waals surface area contributed by atoms with Crippen LogP contribution in [0.1, 0.15) is 21.7 Å². The first-order valence-corrected chi connectivity index (χ1v) is 11.4. The van der Waals surface area contributed by atoms with E-state index < -0.39 is 0 Å². The van der Waals surface area contributed by atoms with Gasteiger partial charge in [-0.25, -0.2) is 0 Å². The molecule has 0 saturated heterocycles. The molecular weight excluding hydrogens is 446 g/mol. The molecule has 0 spiro atoms. The number of aromatic nitrogens is 3. The minimum absolute atomic E-state index is 0.0762. The fraction of sp³-hybridized carbons (Fsp3) is 0.217. The smallest absolute Gasteiger partial charge is 0.253 e. The van der Waals surface area contributed by atoms with Gasteiger partial charge in [-0.15, -0.1) is 16.8 Å². The number of carbonyl (C=O) groups excluding carboxylic acids is 2. The lowest BCUT2D eigenvalue weighted by Crippen LogP contribution is -2.27. The number of allylic oxidation sites excluding steroid dienone is 1. The molecule has 166 valence electrons. The van der Waals surface area contributed by atoms with Gasteiger partial charge in [-0.3, -0.25) is 9.59 Å². The number of rotatable bonds is 11. The van der Waals surface area contributed by atoms with E-state index >= 15 is 0 Å². The molecule has 0 aliphatic carbocycles. The van der Waals surface area contributed by atoms with Crippen LogP contribution < -0.4 is 10.6 Å². The molecular formula is C23H24ClN5O2S. The van der Waals surface area contributed by atoms with E-state index in [1.54, 1.807) is 30.3 Å². The van der Waals surface area contributed by atoms with Crippen molar-refractivity contribution in [3.05, 3.63) is 89.2 Å². The van der Waals surface area contributed by atoms with Gasteiger partial charge in [0.15, 0.2) is 11.0 Å². The third-order valence-electron chi connectivity index (χ3n) is 4.54. The Balaban J connectivity index is 1.52. The van der Waals surface area contributed by atoms with Crippen LogP contribution in [0, 0.1) is 0 Å². The van der Waals surface area contributed by atoms with E-state index in [-0.39, 0.29) is 24.1 Å². The number of benzene rings is 2. The van der Waals surface area contributed by atoms with E-state index in [4.69, 9.17) is 11.6 Å². The Morgan fingerprint density at radius 3 is 2.56 bits per heavy atom. The predicted octanol–water partition coefficient (Wildman–Crippen LogP) is 3.50. The zero-order chi connectivity index (χ0) is 22.8. The summed E-state index contributed by atoms with van der Waals surface area (Å²) in [6.07, 6.45) is 2.49. The molecule has 0 aliphatic rings. The average Bonchev–Trinajstić information content (AvgIpc) is 3.19. The molecule has 0 radical (unpaired) electrons. The summed E-state index contributed by atoms with van der Waals surface area (Å²) in [7, 11) is 0. The number of nitrogens with one attached hydrogen (secondary N) is 2. The van der Waals surface area contributed by atoms with Crippen molar-refractivity contribution in [3.63, 3.8) is 0 Å². The maximum Gasteiger partial charge on any atom is 0.253 e. The van der Waals surface area contributed by atoms with Crippen LogP contribution in [0.5, 0.6) is 0 Å². The van der Waals surface area contributed by atoms with Gasteiger partial charge >= 0.3 is 0 Å². The largest absolute Gasteiger partial charge is 0.355 e. The van der Waals surface area contributed by atoms with Crippen LogP contribution >= 0.6 is 23.4 Å². The Morgan fingerprint density at radius 2 is 1.81 bits per heavy atom. The molecule has 0 bridgehead atoms. The van der Waals surface area contributed by atoms with E-state index in [1.165, 1.54) is 17.3 Å². The lowest BCUT2D eigenvalue weighted by molar-refractivity contribution is -0.118. The Labute approximate surface area is 196 Å². The van der Waals surface area contributed by atoms with Gasteiger partial charge in [0, 0.05) is 13.1 Å². The molecule has 2 N–H and O–H groups in total. The fourth-order valence-electron chi connectivity index (χ4n) is 2.94. The van der Waals surface area contributed by atoms with Crippen LogP contribution in [-0.2, 0) is 24.3 Å². The molecule has 0 saturated carbocycles. The molecule has 0 unspecified atom stereocenters. The maximum atomic E-state index is 12.4. The Hall–Kier alpha value is -3.10. The van der Waals surface area contributed by atoms with E-state index in [1.807, 2.05) is 34.9 Å². The highest BCUT2D eigenvalue weighted by Gasteiger charge is 2.15. The van der Waals surface area contributed by atoms with Crippen LogP contribution in [0.3, 0.4) is 0 Å². The Kier molecular flexibility index (Phi) is 8.89. The highest BCUT2D eigenvalue weighted by Crippen LogP contribution is 2.18. The zero-order valence-electron chi connectivity index (χ0n) is 17.5.